The van der Waals surface area contributed by atoms with E-state index in [1.165, 1.54) is 45.1 Å². The third kappa shape index (κ3) is 2.86. The highest BCUT2D eigenvalue weighted by atomic mass is 35.5. The summed E-state index contributed by atoms with van der Waals surface area (Å²) in [7, 11) is 0. The van der Waals surface area contributed by atoms with Gasteiger partial charge in [-0.05, 0) is 44.4 Å². The Balaban J connectivity index is 1.41. The molecular weight excluding hydrogens is 286 g/mol. The molecule has 2 atom stereocenters. The number of ether oxygens (including phenoxy) is 1. The molecule has 2 bridgehead atoms. The zero-order chi connectivity index (χ0) is 14.2. The smallest absolute Gasteiger partial charge is 0.0785 e. The van der Waals surface area contributed by atoms with Gasteiger partial charge in [-0.2, -0.15) is 5.10 Å². The minimum atomic E-state index is 0.543. The fourth-order valence-corrected chi connectivity index (χ4v) is 4.64. The Morgan fingerprint density at radius 1 is 1.10 bits per heavy atom. The number of piperidine rings is 1. The molecule has 2 unspecified atom stereocenters. The number of nitrogens with zero attached hydrogens (tertiary/aromatic N) is 3. The molecule has 116 valence electrons. The minimum absolute atomic E-state index is 0.543. The first-order valence-corrected chi connectivity index (χ1v) is 8.70. The first-order chi connectivity index (χ1) is 10.3. The van der Waals surface area contributed by atoms with Gasteiger partial charge in [0.15, 0.2) is 0 Å². The summed E-state index contributed by atoms with van der Waals surface area (Å²) in [5.41, 5.74) is 0. The van der Waals surface area contributed by atoms with Gasteiger partial charge in [-0.3, -0.25) is 9.58 Å². The third-order valence-electron chi connectivity index (χ3n) is 5.61. The first-order valence-electron chi connectivity index (χ1n) is 8.33. The van der Waals surface area contributed by atoms with Crippen LogP contribution in [0.25, 0.3) is 0 Å². The topological polar surface area (TPSA) is 30.3 Å². The van der Waals surface area contributed by atoms with Crippen LogP contribution in [0.3, 0.4) is 0 Å². The second kappa shape index (κ2) is 5.90. The number of rotatable bonds is 3. The number of aromatic nitrogens is 2. The molecule has 0 aliphatic carbocycles. The first kappa shape index (κ1) is 14.0. The van der Waals surface area contributed by atoms with E-state index in [4.69, 9.17) is 16.3 Å². The van der Waals surface area contributed by atoms with E-state index < -0.39 is 0 Å². The number of hydrogen-bond donors (Lipinski definition) is 0. The minimum Gasteiger partial charge on any atom is -0.381 e. The fraction of sp³-hybridized carbons (Fsp3) is 0.812. The van der Waals surface area contributed by atoms with Crippen molar-refractivity contribution in [2.24, 2.45) is 5.92 Å². The van der Waals surface area contributed by atoms with E-state index >= 15 is 0 Å². The predicted octanol–water partition coefficient (Wildman–Crippen LogP) is 3.13. The zero-order valence-electron chi connectivity index (χ0n) is 12.5. The van der Waals surface area contributed by atoms with Crippen molar-refractivity contribution in [3.8, 4) is 0 Å². The SMILES string of the molecule is Clc1cnn(C2CC3CCC(C2)N3CC2CCOCC2)c1. The number of hydrogen-bond acceptors (Lipinski definition) is 3. The van der Waals surface area contributed by atoms with Gasteiger partial charge in [0.1, 0.15) is 0 Å². The second-order valence-corrected chi connectivity index (χ2v) is 7.34. The molecule has 1 aromatic heterocycles. The highest BCUT2D eigenvalue weighted by molar-refractivity contribution is 6.30. The lowest BCUT2D eigenvalue weighted by atomic mass is 9.93. The summed E-state index contributed by atoms with van der Waals surface area (Å²) in [5.74, 6) is 0.845. The molecule has 21 heavy (non-hydrogen) atoms. The van der Waals surface area contributed by atoms with Crippen molar-refractivity contribution in [3.05, 3.63) is 17.4 Å². The van der Waals surface area contributed by atoms with Gasteiger partial charge in [-0.1, -0.05) is 11.6 Å². The maximum Gasteiger partial charge on any atom is 0.0785 e. The Morgan fingerprint density at radius 2 is 1.81 bits per heavy atom. The van der Waals surface area contributed by atoms with Crippen LogP contribution in [-0.2, 0) is 4.74 Å². The molecule has 4 nitrogen and oxygen atoms in total. The zero-order valence-corrected chi connectivity index (χ0v) is 13.2. The molecule has 3 aliphatic rings. The van der Waals surface area contributed by atoms with Crippen molar-refractivity contribution in [2.45, 2.75) is 56.7 Å². The summed E-state index contributed by atoms with van der Waals surface area (Å²) in [4.78, 5) is 2.80. The maximum atomic E-state index is 6.02. The van der Waals surface area contributed by atoms with E-state index in [1.54, 1.807) is 6.20 Å². The van der Waals surface area contributed by atoms with Crippen molar-refractivity contribution in [3.63, 3.8) is 0 Å². The van der Waals surface area contributed by atoms with Crippen LogP contribution < -0.4 is 0 Å². The molecule has 0 spiro atoms. The van der Waals surface area contributed by atoms with Crippen molar-refractivity contribution < 1.29 is 4.74 Å². The summed E-state index contributed by atoms with van der Waals surface area (Å²) >= 11 is 6.02. The summed E-state index contributed by atoms with van der Waals surface area (Å²) in [5, 5.41) is 5.18. The Bertz CT molecular complexity index is 472. The van der Waals surface area contributed by atoms with Crippen LogP contribution in [0.15, 0.2) is 12.4 Å². The molecule has 0 saturated carbocycles. The lowest BCUT2D eigenvalue weighted by Gasteiger charge is -2.41. The van der Waals surface area contributed by atoms with E-state index in [-0.39, 0.29) is 0 Å². The van der Waals surface area contributed by atoms with E-state index in [2.05, 4.69) is 14.7 Å². The third-order valence-corrected chi connectivity index (χ3v) is 5.81. The maximum absolute atomic E-state index is 6.02. The van der Waals surface area contributed by atoms with Crippen LogP contribution >= 0.6 is 11.6 Å². The average molecular weight is 310 g/mol. The quantitative estimate of drug-likeness (QED) is 0.859. The summed E-state index contributed by atoms with van der Waals surface area (Å²) in [6, 6.07) is 2.04. The monoisotopic (exact) mass is 309 g/mol. The normalized spacial score (nSPS) is 34.4. The molecule has 5 heteroatoms. The van der Waals surface area contributed by atoms with Gasteiger partial charge in [0.25, 0.3) is 0 Å². The van der Waals surface area contributed by atoms with Crippen LogP contribution in [0.4, 0.5) is 0 Å². The Hall–Kier alpha value is -0.580. The Labute approximate surface area is 131 Å². The van der Waals surface area contributed by atoms with Gasteiger partial charge >= 0.3 is 0 Å². The van der Waals surface area contributed by atoms with E-state index in [0.29, 0.717) is 6.04 Å². The van der Waals surface area contributed by atoms with Crippen molar-refractivity contribution >= 4 is 11.6 Å². The van der Waals surface area contributed by atoms with Crippen LogP contribution in [0.5, 0.6) is 0 Å². The average Bonchev–Trinajstić information content (AvgIpc) is 3.01. The van der Waals surface area contributed by atoms with Gasteiger partial charge in [-0.25, -0.2) is 0 Å². The fourth-order valence-electron chi connectivity index (χ4n) is 4.50. The van der Waals surface area contributed by atoms with Gasteiger partial charge in [0.05, 0.1) is 17.3 Å². The van der Waals surface area contributed by atoms with E-state index in [1.807, 2.05) is 6.20 Å². The molecule has 4 heterocycles. The van der Waals surface area contributed by atoms with E-state index in [0.717, 1.165) is 36.2 Å². The molecule has 0 aromatic carbocycles. The van der Waals surface area contributed by atoms with E-state index in [9.17, 15) is 0 Å². The highest BCUT2D eigenvalue weighted by Gasteiger charge is 2.42. The van der Waals surface area contributed by atoms with Gasteiger partial charge < -0.3 is 4.74 Å². The molecule has 1 aromatic rings. The Kier molecular flexibility index (Phi) is 3.94. The molecule has 0 radical (unpaired) electrons. The predicted molar refractivity (Wildman–Crippen MR) is 82.6 cm³/mol. The van der Waals surface area contributed by atoms with Gasteiger partial charge in [-0.15, -0.1) is 0 Å². The molecular formula is C16H24ClN3O. The van der Waals surface area contributed by atoms with Crippen molar-refractivity contribution in [1.29, 1.82) is 0 Å². The molecule has 3 aliphatic heterocycles. The van der Waals surface area contributed by atoms with Crippen LogP contribution in [0.2, 0.25) is 5.02 Å². The van der Waals surface area contributed by atoms with Crippen LogP contribution in [0, 0.1) is 5.92 Å². The van der Waals surface area contributed by atoms with Crippen molar-refractivity contribution in [2.75, 3.05) is 19.8 Å². The molecule has 3 saturated heterocycles. The second-order valence-electron chi connectivity index (χ2n) is 6.90. The molecule has 3 fully saturated rings. The van der Waals surface area contributed by atoms with Gasteiger partial charge in [0.2, 0.25) is 0 Å². The summed E-state index contributed by atoms with van der Waals surface area (Å²) < 4.78 is 7.59. The lowest BCUT2D eigenvalue weighted by molar-refractivity contribution is 0.0285. The summed E-state index contributed by atoms with van der Waals surface area (Å²) in [6.45, 7) is 3.20. The highest BCUT2D eigenvalue weighted by Crippen LogP contribution is 2.41. The number of fused-ring (bicyclic) bond motifs is 2. The van der Waals surface area contributed by atoms with Gasteiger partial charge in [0, 0.05) is 38.0 Å². The molecule has 0 amide bonds. The lowest BCUT2D eigenvalue weighted by Crippen LogP contribution is -2.46. The largest absolute Gasteiger partial charge is 0.381 e. The van der Waals surface area contributed by atoms with Crippen LogP contribution in [0.1, 0.15) is 44.6 Å². The Morgan fingerprint density at radius 3 is 2.43 bits per heavy atom. The standard InChI is InChI=1S/C16H24ClN3O/c17-13-9-18-20(11-13)16-7-14-1-2-15(8-16)19(14)10-12-3-5-21-6-4-12/h9,11-12,14-16H,1-8,10H2. The molecule has 4 rings (SSSR count). The molecule has 0 N–H and O–H groups in total. The van der Waals surface area contributed by atoms with Crippen molar-refractivity contribution in [1.82, 2.24) is 14.7 Å². The van der Waals surface area contributed by atoms with Crippen LogP contribution in [-0.4, -0.2) is 46.5 Å². The number of halogens is 1. The summed E-state index contributed by atoms with van der Waals surface area (Å²) in [6.07, 6.45) is 11.4.